The van der Waals surface area contributed by atoms with Gasteiger partial charge in [-0.05, 0) is 44.2 Å². The van der Waals surface area contributed by atoms with Gasteiger partial charge in [0.25, 0.3) is 5.91 Å². The minimum atomic E-state index is -1.03. The molecule has 0 radical (unpaired) electrons. The molecule has 1 amide bonds. The molecule has 0 saturated carbocycles. The van der Waals surface area contributed by atoms with Crippen LogP contribution in [-0.4, -0.2) is 47.2 Å². The molecule has 9 heteroatoms. The summed E-state index contributed by atoms with van der Waals surface area (Å²) in [4.78, 5) is 24.9. The highest BCUT2D eigenvalue weighted by Gasteiger charge is 2.21. The van der Waals surface area contributed by atoms with Crippen LogP contribution >= 0.6 is 0 Å². The average molecular weight is 398 g/mol. The lowest BCUT2D eigenvalue weighted by molar-refractivity contribution is -0.123. The number of carbonyl (C=O) groups excluding carboxylic acids is 2. The molecule has 3 rings (SSSR count). The Bertz CT molecular complexity index is 1050. The number of fused-ring (bicyclic) bond motifs is 1. The molecule has 0 aliphatic rings. The summed E-state index contributed by atoms with van der Waals surface area (Å²) in [5.41, 5.74) is 2.11. The molecule has 3 aromatic rings. The Morgan fingerprint density at radius 3 is 2.62 bits per heavy atom. The number of hydrogen-bond acceptors (Lipinski definition) is 7. The first-order valence-corrected chi connectivity index (χ1v) is 9.04. The van der Waals surface area contributed by atoms with Crippen molar-refractivity contribution in [2.75, 3.05) is 19.5 Å². The van der Waals surface area contributed by atoms with E-state index in [2.05, 4.69) is 15.6 Å². The molecule has 1 heterocycles. The minimum Gasteiger partial charge on any atom is -0.497 e. The highest BCUT2D eigenvalue weighted by molar-refractivity contribution is 5.99. The van der Waals surface area contributed by atoms with E-state index >= 15 is 0 Å². The number of aromatic nitrogens is 3. The van der Waals surface area contributed by atoms with Crippen molar-refractivity contribution in [1.29, 1.82) is 0 Å². The second-order valence-electron chi connectivity index (χ2n) is 6.21. The van der Waals surface area contributed by atoms with E-state index < -0.39 is 18.0 Å². The zero-order valence-corrected chi connectivity index (χ0v) is 16.6. The maximum absolute atomic E-state index is 12.5. The minimum absolute atomic E-state index is 0.291. The van der Waals surface area contributed by atoms with E-state index in [1.807, 2.05) is 6.92 Å². The largest absolute Gasteiger partial charge is 0.497 e. The van der Waals surface area contributed by atoms with E-state index in [-0.39, 0.29) is 0 Å². The van der Waals surface area contributed by atoms with Crippen molar-refractivity contribution in [1.82, 2.24) is 15.0 Å². The number of aryl methyl sites for hydroxylation is 1. The topological polar surface area (TPSA) is 105 Å². The number of amides is 1. The summed E-state index contributed by atoms with van der Waals surface area (Å²) in [5.74, 6) is -0.109. The van der Waals surface area contributed by atoms with Crippen LogP contribution < -0.4 is 14.8 Å². The lowest BCUT2D eigenvalue weighted by Gasteiger charge is -2.16. The van der Waals surface area contributed by atoms with Gasteiger partial charge in [0.15, 0.2) is 6.10 Å². The summed E-state index contributed by atoms with van der Waals surface area (Å²) in [6.45, 7) is 4.12. The third-order valence-corrected chi connectivity index (χ3v) is 4.37. The molecule has 0 spiro atoms. The van der Waals surface area contributed by atoms with Gasteiger partial charge in [-0.25, -0.2) is 9.48 Å². The molecule has 0 unspecified atom stereocenters. The molecule has 0 bridgehead atoms. The Morgan fingerprint density at radius 1 is 1.14 bits per heavy atom. The molecule has 0 aliphatic carbocycles. The van der Waals surface area contributed by atoms with Crippen LogP contribution in [0.1, 0.15) is 24.2 Å². The smallest absolute Gasteiger partial charge is 0.338 e. The Labute approximate surface area is 167 Å². The van der Waals surface area contributed by atoms with Gasteiger partial charge in [-0.3, -0.25) is 4.79 Å². The summed E-state index contributed by atoms with van der Waals surface area (Å²) < 4.78 is 17.4. The van der Waals surface area contributed by atoms with Gasteiger partial charge in [0.2, 0.25) is 0 Å². The fraction of sp³-hybridized carbons (Fsp3) is 0.300. The predicted molar refractivity (Wildman–Crippen MR) is 106 cm³/mol. The molecule has 1 N–H and O–H groups in total. The van der Waals surface area contributed by atoms with Crippen molar-refractivity contribution < 1.29 is 23.8 Å². The van der Waals surface area contributed by atoms with E-state index in [1.165, 1.54) is 21.1 Å². The van der Waals surface area contributed by atoms with E-state index in [1.54, 1.807) is 41.1 Å². The van der Waals surface area contributed by atoms with Gasteiger partial charge in [-0.1, -0.05) is 5.21 Å². The standard InChI is InChI=1S/C20H22N4O5/c1-5-24-17-8-6-13(10-15(17)22-23-24)20(26)29-12(2)19(25)21-16-11-14(27-3)7-9-18(16)28-4/h6-12H,5H2,1-4H3,(H,21,25)/t12-/m1/s1. The van der Waals surface area contributed by atoms with Crippen molar-refractivity contribution in [3.63, 3.8) is 0 Å². The van der Waals surface area contributed by atoms with Gasteiger partial charge in [0.1, 0.15) is 17.0 Å². The quantitative estimate of drug-likeness (QED) is 0.610. The van der Waals surface area contributed by atoms with Crippen LogP contribution in [0.3, 0.4) is 0 Å². The van der Waals surface area contributed by atoms with Gasteiger partial charge >= 0.3 is 5.97 Å². The van der Waals surface area contributed by atoms with Crippen LogP contribution in [0.25, 0.3) is 11.0 Å². The fourth-order valence-corrected chi connectivity index (χ4v) is 2.76. The second-order valence-corrected chi connectivity index (χ2v) is 6.21. The first kappa shape index (κ1) is 20.1. The van der Waals surface area contributed by atoms with Gasteiger partial charge in [0, 0.05) is 12.6 Å². The zero-order chi connectivity index (χ0) is 21.0. The Morgan fingerprint density at radius 2 is 1.93 bits per heavy atom. The Balaban J connectivity index is 1.70. The first-order valence-electron chi connectivity index (χ1n) is 9.04. The molecular formula is C20H22N4O5. The van der Waals surface area contributed by atoms with Crippen molar-refractivity contribution in [3.8, 4) is 11.5 Å². The van der Waals surface area contributed by atoms with Crippen molar-refractivity contribution in [3.05, 3.63) is 42.0 Å². The van der Waals surface area contributed by atoms with Gasteiger partial charge in [0.05, 0.1) is 31.0 Å². The molecule has 9 nitrogen and oxygen atoms in total. The summed E-state index contributed by atoms with van der Waals surface area (Å²) in [6, 6.07) is 9.96. The third kappa shape index (κ3) is 4.29. The average Bonchev–Trinajstić information content (AvgIpc) is 3.15. The Kier molecular flexibility index (Phi) is 5.96. The first-order chi connectivity index (χ1) is 14.0. The highest BCUT2D eigenvalue weighted by Crippen LogP contribution is 2.29. The third-order valence-electron chi connectivity index (χ3n) is 4.37. The van der Waals surface area contributed by atoms with Crippen LogP contribution in [0.15, 0.2) is 36.4 Å². The summed E-state index contributed by atoms with van der Waals surface area (Å²) in [5, 5.41) is 10.7. The molecular weight excluding hydrogens is 376 g/mol. The maximum Gasteiger partial charge on any atom is 0.338 e. The number of rotatable bonds is 7. The summed E-state index contributed by atoms with van der Waals surface area (Å²) >= 11 is 0. The number of ether oxygens (including phenoxy) is 3. The van der Waals surface area contributed by atoms with Crippen LogP contribution in [0, 0.1) is 0 Å². The van der Waals surface area contributed by atoms with Gasteiger partial charge in [-0.2, -0.15) is 0 Å². The van der Waals surface area contributed by atoms with E-state index in [9.17, 15) is 9.59 Å². The fourth-order valence-electron chi connectivity index (χ4n) is 2.76. The monoisotopic (exact) mass is 398 g/mol. The molecule has 0 saturated heterocycles. The summed E-state index contributed by atoms with van der Waals surface area (Å²) in [7, 11) is 3.01. The molecule has 1 atom stereocenters. The van der Waals surface area contributed by atoms with Crippen LogP contribution in [0.4, 0.5) is 5.69 Å². The number of anilines is 1. The molecule has 2 aromatic carbocycles. The lowest BCUT2D eigenvalue weighted by atomic mass is 10.2. The SMILES string of the molecule is CCn1nnc2cc(C(=O)O[C@H](C)C(=O)Nc3cc(OC)ccc3OC)ccc21. The van der Waals surface area contributed by atoms with E-state index in [4.69, 9.17) is 14.2 Å². The van der Waals surface area contributed by atoms with Gasteiger partial charge < -0.3 is 19.5 Å². The zero-order valence-electron chi connectivity index (χ0n) is 16.6. The van der Waals surface area contributed by atoms with Crippen molar-refractivity contribution in [2.24, 2.45) is 0 Å². The molecule has 0 fully saturated rings. The Hall–Kier alpha value is -3.62. The predicted octanol–water partition coefficient (Wildman–Crippen LogP) is 2.65. The summed E-state index contributed by atoms with van der Waals surface area (Å²) in [6.07, 6.45) is -1.03. The second kappa shape index (κ2) is 8.59. The lowest BCUT2D eigenvalue weighted by Crippen LogP contribution is -2.30. The van der Waals surface area contributed by atoms with Crippen LogP contribution in [0.2, 0.25) is 0 Å². The number of benzene rings is 2. The van der Waals surface area contributed by atoms with Crippen LogP contribution in [-0.2, 0) is 16.1 Å². The van der Waals surface area contributed by atoms with Crippen LogP contribution in [0.5, 0.6) is 11.5 Å². The van der Waals surface area contributed by atoms with Crippen molar-refractivity contribution in [2.45, 2.75) is 26.5 Å². The number of hydrogen-bond donors (Lipinski definition) is 1. The molecule has 152 valence electrons. The number of nitrogens with zero attached hydrogens (tertiary/aromatic N) is 3. The molecule has 29 heavy (non-hydrogen) atoms. The van der Waals surface area contributed by atoms with Gasteiger partial charge in [-0.15, -0.1) is 5.10 Å². The highest BCUT2D eigenvalue weighted by atomic mass is 16.5. The van der Waals surface area contributed by atoms with Crippen molar-refractivity contribution >= 4 is 28.6 Å². The van der Waals surface area contributed by atoms with E-state index in [0.717, 1.165) is 5.52 Å². The normalized spacial score (nSPS) is 11.7. The maximum atomic E-state index is 12.5. The number of carbonyl (C=O) groups is 2. The number of esters is 1. The number of nitrogens with one attached hydrogen (secondary N) is 1. The molecule has 1 aromatic heterocycles. The van der Waals surface area contributed by atoms with E-state index in [0.29, 0.717) is 34.8 Å². The molecule has 0 aliphatic heterocycles. The number of methoxy groups -OCH3 is 2.